The van der Waals surface area contributed by atoms with Crippen molar-refractivity contribution in [2.45, 2.75) is 110 Å². The first-order valence-corrected chi connectivity index (χ1v) is 11.9. The van der Waals surface area contributed by atoms with E-state index >= 15 is 0 Å². The Kier molecular flexibility index (Phi) is 5.90. The Morgan fingerprint density at radius 2 is 1.12 bits per heavy atom. The molecule has 0 aromatic rings. The van der Waals surface area contributed by atoms with Gasteiger partial charge in [-0.2, -0.15) is 0 Å². The van der Waals surface area contributed by atoms with Gasteiger partial charge in [0.05, 0.1) is 0 Å². The summed E-state index contributed by atoms with van der Waals surface area (Å²) < 4.78 is 0. The van der Waals surface area contributed by atoms with Gasteiger partial charge in [0.25, 0.3) is 0 Å². The van der Waals surface area contributed by atoms with E-state index in [1.165, 1.54) is 19.3 Å². The molecular formula is C24H42. The van der Waals surface area contributed by atoms with Crippen LogP contribution in [0.1, 0.15) is 110 Å². The van der Waals surface area contributed by atoms with E-state index in [1.54, 1.807) is 83.5 Å². The van der Waals surface area contributed by atoms with Crippen molar-refractivity contribution in [1.29, 1.82) is 0 Å². The molecule has 138 valence electrons. The Bertz CT molecular complexity index is 363. The molecule has 6 unspecified atom stereocenters. The predicted octanol–water partition coefficient (Wildman–Crippen LogP) is 7.62. The van der Waals surface area contributed by atoms with Crippen LogP contribution in [0.2, 0.25) is 0 Å². The van der Waals surface area contributed by atoms with Crippen molar-refractivity contribution < 1.29 is 0 Å². The molecule has 0 saturated heterocycles. The predicted molar refractivity (Wildman–Crippen MR) is 104 cm³/mol. The number of rotatable bonds is 6. The summed E-state index contributed by atoms with van der Waals surface area (Å²) in [4.78, 5) is 0. The van der Waals surface area contributed by atoms with E-state index in [4.69, 9.17) is 0 Å². The number of hydrogen-bond acceptors (Lipinski definition) is 0. The fourth-order valence-corrected chi connectivity index (χ4v) is 7.87. The van der Waals surface area contributed by atoms with Crippen molar-refractivity contribution in [2.75, 3.05) is 0 Å². The number of hydrogen-bond donors (Lipinski definition) is 0. The maximum atomic E-state index is 2.35. The van der Waals surface area contributed by atoms with Crippen LogP contribution >= 0.6 is 0 Å². The molecular weight excluding hydrogens is 288 g/mol. The lowest BCUT2D eigenvalue weighted by Gasteiger charge is -2.32. The summed E-state index contributed by atoms with van der Waals surface area (Å²) in [5.74, 6) is 7.99. The molecule has 4 saturated carbocycles. The molecule has 0 aliphatic heterocycles. The van der Waals surface area contributed by atoms with Gasteiger partial charge in [0, 0.05) is 0 Å². The highest BCUT2D eigenvalue weighted by atomic mass is 14.6. The highest BCUT2D eigenvalue weighted by Gasteiger charge is 2.50. The number of unbranched alkanes of at least 4 members (excludes halogenated alkanes) is 1. The van der Waals surface area contributed by atoms with Crippen molar-refractivity contribution in [3.8, 4) is 0 Å². The first kappa shape index (κ1) is 17.4. The third kappa shape index (κ3) is 3.59. The van der Waals surface area contributed by atoms with Gasteiger partial charge in [-0.15, -0.1) is 0 Å². The Hall–Kier alpha value is 0. The summed E-state index contributed by atoms with van der Waals surface area (Å²) in [6.07, 6.45) is 25.0. The van der Waals surface area contributed by atoms with Gasteiger partial charge in [0.2, 0.25) is 0 Å². The molecule has 0 spiro atoms. The highest BCUT2D eigenvalue weighted by Crippen LogP contribution is 2.58. The average Bonchev–Trinajstić information content (AvgIpc) is 3.21. The van der Waals surface area contributed by atoms with Crippen molar-refractivity contribution in [3.05, 3.63) is 0 Å². The summed E-state index contributed by atoms with van der Waals surface area (Å²) >= 11 is 0. The van der Waals surface area contributed by atoms with E-state index in [0.29, 0.717) is 0 Å². The Labute approximate surface area is 151 Å². The van der Waals surface area contributed by atoms with Crippen LogP contribution in [0.15, 0.2) is 0 Å². The molecule has 4 aliphatic rings. The number of fused-ring (bicyclic) bond motifs is 3. The van der Waals surface area contributed by atoms with Crippen molar-refractivity contribution >= 4 is 0 Å². The molecule has 0 radical (unpaired) electrons. The molecule has 0 heterocycles. The molecule has 0 aromatic heterocycles. The van der Waals surface area contributed by atoms with Crippen LogP contribution in [0.25, 0.3) is 0 Å². The van der Waals surface area contributed by atoms with Gasteiger partial charge in [0.1, 0.15) is 0 Å². The van der Waals surface area contributed by atoms with E-state index in [2.05, 4.69) is 6.92 Å². The van der Waals surface area contributed by atoms with Crippen LogP contribution in [0.4, 0.5) is 0 Å². The quantitative estimate of drug-likeness (QED) is 0.470. The zero-order chi connectivity index (χ0) is 16.4. The lowest BCUT2D eigenvalue weighted by molar-refractivity contribution is 0.184. The largest absolute Gasteiger partial charge is 0.0654 e. The Morgan fingerprint density at radius 3 is 1.71 bits per heavy atom. The van der Waals surface area contributed by atoms with Gasteiger partial charge in [-0.05, 0) is 80.0 Å². The van der Waals surface area contributed by atoms with Crippen molar-refractivity contribution in [3.63, 3.8) is 0 Å². The van der Waals surface area contributed by atoms with Crippen LogP contribution in [0.5, 0.6) is 0 Å². The second kappa shape index (κ2) is 8.13. The van der Waals surface area contributed by atoms with Gasteiger partial charge >= 0.3 is 0 Å². The standard InChI is InChI=1S/C24H42/c1-2-3-8-18-13-14-19(17-18)15-16-24-22-11-6-4-9-20(22)21-10-5-7-12-23(21)24/h18-24H,2-17H2,1H3. The Morgan fingerprint density at radius 1 is 0.583 bits per heavy atom. The lowest BCUT2D eigenvalue weighted by Crippen LogP contribution is -2.22. The molecule has 0 aromatic carbocycles. The zero-order valence-corrected chi connectivity index (χ0v) is 16.4. The van der Waals surface area contributed by atoms with Crippen molar-refractivity contribution in [1.82, 2.24) is 0 Å². The molecule has 24 heavy (non-hydrogen) atoms. The van der Waals surface area contributed by atoms with E-state index in [9.17, 15) is 0 Å². The van der Waals surface area contributed by atoms with Gasteiger partial charge in [-0.3, -0.25) is 0 Å². The average molecular weight is 331 g/mol. The fourth-order valence-electron chi connectivity index (χ4n) is 7.87. The maximum absolute atomic E-state index is 2.35. The van der Waals surface area contributed by atoms with Crippen LogP contribution in [0, 0.1) is 41.4 Å². The third-order valence-corrected chi connectivity index (χ3v) is 8.92. The molecule has 0 N–H and O–H groups in total. The molecule has 0 heteroatoms. The SMILES string of the molecule is CCCCC1CCC(CCC2C3CCCCC3C3CCCCC32)C1. The van der Waals surface area contributed by atoms with Crippen LogP contribution in [0.3, 0.4) is 0 Å². The summed E-state index contributed by atoms with van der Waals surface area (Å²) in [5.41, 5.74) is 0. The normalized spacial score (nSPS) is 45.1. The summed E-state index contributed by atoms with van der Waals surface area (Å²) in [7, 11) is 0. The summed E-state index contributed by atoms with van der Waals surface area (Å²) in [5, 5.41) is 0. The second-order valence-electron chi connectivity index (χ2n) is 10.2. The van der Waals surface area contributed by atoms with Crippen LogP contribution < -0.4 is 0 Å². The fraction of sp³-hybridized carbons (Fsp3) is 1.00. The van der Waals surface area contributed by atoms with Crippen molar-refractivity contribution in [2.24, 2.45) is 41.4 Å². The second-order valence-corrected chi connectivity index (χ2v) is 10.2. The van der Waals surface area contributed by atoms with Gasteiger partial charge < -0.3 is 0 Å². The minimum atomic E-state index is 1.10. The van der Waals surface area contributed by atoms with E-state index < -0.39 is 0 Å². The smallest absolute Gasteiger partial charge is 0.0352 e. The first-order chi connectivity index (χ1) is 11.9. The third-order valence-electron chi connectivity index (χ3n) is 8.92. The highest BCUT2D eigenvalue weighted by molar-refractivity contribution is 4.99. The van der Waals surface area contributed by atoms with Crippen LogP contribution in [-0.4, -0.2) is 0 Å². The van der Waals surface area contributed by atoms with E-state index in [0.717, 1.165) is 41.4 Å². The lowest BCUT2D eigenvalue weighted by atomic mass is 9.73. The molecule has 0 amide bonds. The maximum Gasteiger partial charge on any atom is -0.0352 e. The Balaban J connectivity index is 1.32. The van der Waals surface area contributed by atoms with Gasteiger partial charge in [0.15, 0.2) is 0 Å². The van der Waals surface area contributed by atoms with Crippen LogP contribution in [-0.2, 0) is 0 Å². The van der Waals surface area contributed by atoms with E-state index in [1.807, 2.05) is 0 Å². The molecule has 4 aliphatic carbocycles. The molecule has 6 atom stereocenters. The molecule has 4 fully saturated rings. The topological polar surface area (TPSA) is 0 Å². The zero-order valence-electron chi connectivity index (χ0n) is 16.4. The first-order valence-electron chi connectivity index (χ1n) is 11.9. The van der Waals surface area contributed by atoms with E-state index in [-0.39, 0.29) is 0 Å². The van der Waals surface area contributed by atoms with Gasteiger partial charge in [-0.25, -0.2) is 0 Å². The molecule has 0 nitrogen and oxygen atoms in total. The summed E-state index contributed by atoms with van der Waals surface area (Å²) in [6.45, 7) is 2.35. The minimum Gasteiger partial charge on any atom is -0.0654 e. The van der Waals surface area contributed by atoms with Gasteiger partial charge in [-0.1, -0.05) is 71.1 Å². The monoisotopic (exact) mass is 330 g/mol. The molecule has 4 rings (SSSR count). The summed E-state index contributed by atoms with van der Waals surface area (Å²) in [6, 6.07) is 0. The minimum absolute atomic E-state index is 1.10. The molecule has 0 bridgehead atoms.